The molecule has 6 atom stereocenters. The minimum Gasteiger partial charge on any atom is -0.490 e. The Balaban J connectivity index is 0.000000730. The molecule has 4 aliphatic rings. The van der Waals surface area contributed by atoms with Crippen LogP contribution in [0.15, 0.2) is 48.6 Å². The molecule has 2 aromatic rings. The number of carbonyl (C=O) groups excluding carboxylic acids is 1. The molecule has 2 aromatic carbocycles. The van der Waals surface area contributed by atoms with E-state index in [2.05, 4.69) is 35.6 Å². The average Bonchev–Trinajstić information content (AvgIpc) is 3.11. The Morgan fingerprint density at radius 2 is 1.85 bits per heavy atom. The van der Waals surface area contributed by atoms with E-state index < -0.39 is 17.1 Å². The largest absolute Gasteiger partial charge is 0.490 e. The zero-order valence-electron chi connectivity index (χ0n) is 28.5. The number of amides is 1. The number of allylic oxidation sites excluding steroid dienone is 1. The summed E-state index contributed by atoms with van der Waals surface area (Å²) in [5.74, 6) is 1.38. The lowest BCUT2D eigenvalue weighted by Gasteiger charge is -2.44. The maximum absolute atomic E-state index is 13.1. The first-order valence-corrected chi connectivity index (χ1v) is 19.2. The molecule has 6 unspecified atom stereocenters. The molecule has 0 saturated heterocycles. The van der Waals surface area contributed by atoms with Gasteiger partial charge in [0.05, 0.1) is 18.4 Å². The summed E-state index contributed by atoms with van der Waals surface area (Å²) in [6.45, 7) is 12.4. The molecule has 6 nitrogen and oxygen atoms in total. The lowest BCUT2D eigenvalue weighted by atomic mass is 9.70. The predicted octanol–water partition coefficient (Wildman–Crippen LogP) is 8.41. The zero-order valence-corrected chi connectivity index (χ0v) is 30.1. The molecule has 46 heavy (non-hydrogen) atoms. The van der Waals surface area contributed by atoms with Gasteiger partial charge in [-0.3, -0.25) is 9.52 Å². The van der Waals surface area contributed by atoms with Crippen molar-refractivity contribution in [3.8, 4) is 5.75 Å². The van der Waals surface area contributed by atoms with Crippen LogP contribution >= 0.6 is 11.6 Å². The lowest BCUT2D eigenvalue weighted by Crippen LogP contribution is -2.47. The van der Waals surface area contributed by atoms with Gasteiger partial charge in [0.1, 0.15) is 16.7 Å². The molecule has 2 aliphatic carbocycles. The number of ether oxygens (including phenoxy) is 1. The first-order chi connectivity index (χ1) is 22.2. The molecular formula is C38H55ClN2O4S. The van der Waals surface area contributed by atoms with E-state index >= 15 is 0 Å². The summed E-state index contributed by atoms with van der Waals surface area (Å²) in [7, 11) is -1.49. The number of nitrogens with zero attached hydrogens (tertiary/aromatic N) is 1. The average molecular weight is 671 g/mol. The maximum atomic E-state index is 13.1. The van der Waals surface area contributed by atoms with Gasteiger partial charge in [0.2, 0.25) is 0 Å². The Kier molecular flexibility index (Phi) is 13.6. The van der Waals surface area contributed by atoms with Gasteiger partial charge in [-0.05, 0) is 84.9 Å². The molecule has 2 heterocycles. The van der Waals surface area contributed by atoms with Crippen molar-refractivity contribution in [3.05, 3.63) is 70.3 Å². The fourth-order valence-electron chi connectivity index (χ4n) is 6.70. The smallest absolute Gasteiger partial charge is 0.263 e. The monoisotopic (exact) mass is 670 g/mol. The summed E-state index contributed by atoms with van der Waals surface area (Å²) in [5, 5.41) is 11.8. The Labute approximate surface area is 284 Å². The summed E-state index contributed by atoms with van der Waals surface area (Å²) in [4.78, 5) is 15.5. The topological polar surface area (TPSA) is 78.9 Å². The number of fused-ring (bicyclic) bond motifs is 2. The van der Waals surface area contributed by atoms with Crippen molar-refractivity contribution in [2.75, 3.05) is 30.3 Å². The second-order valence-electron chi connectivity index (χ2n) is 13.6. The molecule has 0 radical (unpaired) electrons. The summed E-state index contributed by atoms with van der Waals surface area (Å²) >= 11 is 6.41. The van der Waals surface area contributed by atoms with E-state index in [-0.39, 0.29) is 23.2 Å². The van der Waals surface area contributed by atoms with Crippen molar-refractivity contribution in [1.82, 2.24) is 4.72 Å². The van der Waals surface area contributed by atoms with E-state index in [4.69, 9.17) is 16.3 Å². The first kappa shape index (κ1) is 36.5. The molecule has 2 N–H and O–H groups in total. The number of anilines is 1. The maximum Gasteiger partial charge on any atom is 0.263 e. The Bertz CT molecular complexity index is 1360. The summed E-state index contributed by atoms with van der Waals surface area (Å²) < 4.78 is 21.9. The Hall–Kier alpha value is -2.35. The fourth-order valence-corrected chi connectivity index (χ4v) is 7.95. The number of halogens is 1. The molecule has 1 amide bonds. The van der Waals surface area contributed by atoms with Gasteiger partial charge in [0.25, 0.3) is 5.91 Å². The standard InChI is InChI=1S/C32H41ClN2O4S.C4H8.C2H6/c1-4-6-22-15-25(33)11-13-27(22)32(3)19-35-17-24-9-12-26(24)29(36)8-5-7-21(2)18-40(38)34-31(37)23-10-14-30(39-20-32)28(35)16-23;1-2-4-3-1;1-2/h5,8,10-11,13-16,21,24,26,29,36H,4,6-7,9,12,17-20H2,1-3H3,(H,34,37);1-4H2;1-2H3/b8-5+;;. The summed E-state index contributed by atoms with van der Waals surface area (Å²) in [6.07, 6.45) is 14.1. The van der Waals surface area contributed by atoms with Gasteiger partial charge in [-0.25, -0.2) is 4.21 Å². The fraction of sp³-hybridized carbons (Fsp3) is 0.605. The van der Waals surface area contributed by atoms with E-state index in [0.717, 1.165) is 48.7 Å². The lowest BCUT2D eigenvalue weighted by molar-refractivity contribution is 0.0458. The molecule has 0 spiro atoms. The molecular weight excluding hydrogens is 616 g/mol. The van der Waals surface area contributed by atoms with Crippen LogP contribution in [0.2, 0.25) is 5.02 Å². The first-order valence-electron chi connectivity index (χ1n) is 17.5. The second-order valence-corrected chi connectivity index (χ2v) is 15.2. The highest BCUT2D eigenvalue weighted by atomic mass is 35.5. The highest BCUT2D eigenvalue weighted by Crippen LogP contribution is 2.44. The molecule has 8 heteroatoms. The molecule has 2 bridgehead atoms. The second kappa shape index (κ2) is 17.2. The van der Waals surface area contributed by atoms with E-state index in [1.807, 2.05) is 51.1 Å². The van der Waals surface area contributed by atoms with Gasteiger partial charge in [-0.2, -0.15) is 0 Å². The molecule has 2 saturated carbocycles. The van der Waals surface area contributed by atoms with E-state index in [0.29, 0.717) is 36.8 Å². The van der Waals surface area contributed by atoms with Crippen LogP contribution in [0.3, 0.4) is 0 Å². The minimum absolute atomic E-state index is 0.119. The number of hydrogen-bond donors (Lipinski definition) is 2. The number of aliphatic hydroxyl groups excluding tert-OH is 1. The van der Waals surface area contributed by atoms with E-state index in [1.54, 1.807) is 6.07 Å². The van der Waals surface area contributed by atoms with Crippen LogP contribution in [0.5, 0.6) is 5.75 Å². The number of carbonyl (C=O) groups is 1. The summed E-state index contributed by atoms with van der Waals surface area (Å²) in [6, 6.07) is 11.7. The Morgan fingerprint density at radius 3 is 2.50 bits per heavy atom. The van der Waals surface area contributed by atoms with Crippen molar-refractivity contribution >= 4 is 34.2 Å². The summed E-state index contributed by atoms with van der Waals surface area (Å²) in [5.41, 5.74) is 3.47. The third-order valence-electron chi connectivity index (χ3n) is 9.77. The van der Waals surface area contributed by atoms with E-state index in [1.165, 1.54) is 36.8 Å². The van der Waals surface area contributed by atoms with Crippen LogP contribution in [0.4, 0.5) is 5.69 Å². The van der Waals surface area contributed by atoms with Gasteiger partial charge >= 0.3 is 0 Å². The Morgan fingerprint density at radius 1 is 1.11 bits per heavy atom. The normalized spacial score (nSPS) is 29.8. The van der Waals surface area contributed by atoms with Crippen LogP contribution in [0.1, 0.15) is 107 Å². The number of hydrogen-bond acceptors (Lipinski definition) is 5. The quantitative estimate of drug-likeness (QED) is 0.321. The molecule has 2 aliphatic heterocycles. The number of aliphatic hydroxyl groups is 1. The molecule has 254 valence electrons. The highest BCUT2D eigenvalue weighted by molar-refractivity contribution is 7.83. The van der Waals surface area contributed by atoms with Crippen molar-refractivity contribution in [1.29, 1.82) is 0 Å². The van der Waals surface area contributed by atoms with Crippen molar-refractivity contribution in [2.24, 2.45) is 17.8 Å². The molecule has 6 rings (SSSR count). The predicted molar refractivity (Wildman–Crippen MR) is 192 cm³/mol. The van der Waals surface area contributed by atoms with Crippen LogP contribution < -0.4 is 14.4 Å². The third kappa shape index (κ3) is 9.17. The van der Waals surface area contributed by atoms with Gasteiger partial charge in [-0.1, -0.05) is 96.5 Å². The van der Waals surface area contributed by atoms with Crippen molar-refractivity contribution in [3.63, 3.8) is 0 Å². The number of aryl methyl sites for hydroxylation is 1. The molecule has 0 aromatic heterocycles. The minimum atomic E-state index is -1.49. The number of benzene rings is 2. The van der Waals surface area contributed by atoms with Gasteiger partial charge in [0.15, 0.2) is 0 Å². The van der Waals surface area contributed by atoms with Crippen LogP contribution in [0.25, 0.3) is 0 Å². The van der Waals surface area contributed by atoms with Crippen molar-refractivity contribution < 1.29 is 18.8 Å². The molecule has 2 fully saturated rings. The SMILES string of the molecule is C1CCC1.CC.CCCc1cc(Cl)ccc1C1(C)COc2ccc3cc2N(CC2CCC2C(O)/C=C/CC(C)CS(=O)NC3=O)C1. The van der Waals surface area contributed by atoms with Gasteiger partial charge in [-0.15, -0.1) is 0 Å². The van der Waals surface area contributed by atoms with E-state index in [9.17, 15) is 14.1 Å². The van der Waals surface area contributed by atoms with Crippen molar-refractivity contribution in [2.45, 2.75) is 104 Å². The highest BCUT2D eigenvalue weighted by Gasteiger charge is 2.41. The third-order valence-corrected chi connectivity index (χ3v) is 11.3. The van der Waals surface area contributed by atoms with Crippen LogP contribution in [0, 0.1) is 17.8 Å². The number of rotatable bonds is 3. The number of nitrogens with one attached hydrogen (secondary N) is 1. The van der Waals surface area contributed by atoms with Crippen LogP contribution in [-0.2, 0) is 22.8 Å². The van der Waals surface area contributed by atoms with Crippen LogP contribution in [-0.4, -0.2) is 46.8 Å². The zero-order chi connectivity index (χ0) is 33.3. The van der Waals surface area contributed by atoms with Gasteiger partial charge in [0, 0.05) is 34.8 Å². The van der Waals surface area contributed by atoms with Gasteiger partial charge < -0.3 is 14.7 Å².